The molecule has 1 N–H and O–H groups in total. The Labute approximate surface area is 107 Å². The first-order valence-electron chi connectivity index (χ1n) is 6.23. The lowest BCUT2D eigenvalue weighted by Gasteiger charge is -2.28. The van der Waals surface area contributed by atoms with E-state index in [4.69, 9.17) is 5.11 Å². The van der Waals surface area contributed by atoms with Gasteiger partial charge >= 0.3 is 5.97 Å². The van der Waals surface area contributed by atoms with Crippen LogP contribution in [0.5, 0.6) is 0 Å². The molecule has 0 aliphatic heterocycles. The van der Waals surface area contributed by atoms with E-state index in [0.717, 1.165) is 6.42 Å². The highest BCUT2D eigenvalue weighted by atomic mass is 19.1. The Kier molecular flexibility index (Phi) is 5.78. The molecular weight excluding hydrogens is 233 g/mol. The average Bonchev–Trinajstić information content (AvgIpc) is 2.35. The Bertz CT molecular complexity index is 395. The maximum atomic E-state index is 13.6. The number of carboxylic acid groups (broad SMARTS) is 1. The second-order valence-corrected chi connectivity index (χ2v) is 4.46. The smallest absolute Gasteiger partial charge is 0.304 e. The van der Waals surface area contributed by atoms with Gasteiger partial charge < -0.3 is 5.11 Å². The molecule has 100 valence electrons. The Hall–Kier alpha value is -1.42. The maximum absolute atomic E-state index is 13.6. The first kappa shape index (κ1) is 14.6. The fourth-order valence-electron chi connectivity index (χ4n) is 1.80. The lowest BCUT2D eigenvalue weighted by Crippen LogP contribution is -2.34. The Morgan fingerprint density at radius 1 is 1.44 bits per heavy atom. The third-order valence-corrected chi connectivity index (χ3v) is 3.16. The molecule has 0 heterocycles. The topological polar surface area (TPSA) is 40.5 Å². The van der Waals surface area contributed by atoms with E-state index >= 15 is 0 Å². The normalized spacial score (nSPS) is 12.7. The van der Waals surface area contributed by atoms with Gasteiger partial charge in [0.25, 0.3) is 0 Å². The fraction of sp³-hybridized carbons (Fsp3) is 0.500. The van der Waals surface area contributed by atoms with E-state index in [-0.39, 0.29) is 18.3 Å². The minimum atomic E-state index is -0.822. The summed E-state index contributed by atoms with van der Waals surface area (Å²) in [7, 11) is 0. The van der Waals surface area contributed by atoms with Crippen LogP contribution in [0.15, 0.2) is 24.3 Å². The number of aliphatic carboxylic acids is 1. The van der Waals surface area contributed by atoms with Gasteiger partial charge in [-0.3, -0.25) is 9.69 Å². The van der Waals surface area contributed by atoms with Gasteiger partial charge in [0.2, 0.25) is 0 Å². The van der Waals surface area contributed by atoms with Crippen LogP contribution in [-0.2, 0) is 11.3 Å². The fourth-order valence-corrected chi connectivity index (χ4v) is 1.80. The van der Waals surface area contributed by atoms with Gasteiger partial charge in [0.15, 0.2) is 0 Å². The summed E-state index contributed by atoms with van der Waals surface area (Å²) in [5.74, 6) is -1.06. The number of carbonyl (C=O) groups is 1. The molecule has 0 saturated heterocycles. The molecule has 0 saturated carbocycles. The lowest BCUT2D eigenvalue weighted by atomic mass is 10.1. The molecule has 1 unspecified atom stereocenters. The molecule has 0 amide bonds. The summed E-state index contributed by atoms with van der Waals surface area (Å²) in [6.07, 6.45) is 0.993. The van der Waals surface area contributed by atoms with Gasteiger partial charge in [-0.1, -0.05) is 25.1 Å². The summed E-state index contributed by atoms with van der Waals surface area (Å²) in [5.41, 5.74) is 0.614. The molecule has 0 spiro atoms. The summed E-state index contributed by atoms with van der Waals surface area (Å²) in [6.45, 7) is 4.97. The number of halogens is 1. The van der Waals surface area contributed by atoms with Crippen molar-refractivity contribution in [2.45, 2.75) is 39.3 Å². The lowest BCUT2D eigenvalue weighted by molar-refractivity contribution is -0.137. The molecular formula is C14H20FNO2. The van der Waals surface area contributed by atoms with Gasteiger partial charge in [-0.25, -0.2) is 4.39 Å². The van der Waals surface area contributed by atoms with Crippen LogP contribution < -0.4 is 0 Å². The number of hydrogen-bond acceptors (Lipinski definition) is 2. The van der Waals surface area contributed by atoms with Crippen molar-refractivity contribution >= 4 is 5.97 Å². The summed E-state index contributed by atoms with van der Waals surface area (Å²) in [4.78, 5) is 12.6. The van der Waals surface area contributed by atoms with Crippen molar-refractivity contribution in [2.75, 3.05) is 6.54 Å². The molecule has 1 aromatic carbocycles. The first-order valence-corrected chi connectivity index (χ1v) is 6.23. The van der Waals surface area contributed by atoms with Crippen molar-refractivity contribution in [2.24, 2.45) is 0 Å². The first-order chi connectivity index (χ1) is 8.54. The van der Waals surface area contributed by atoms with E-state index < -0.39 is 5.97 Å². The number of benzene rings is 1. The Morgan fingerprint density at radius 2 is 2.11 bits per heavy atom. The zero-order valence-electron chi connectivity index (χ0n) is 10.9. The molecule has 0 aliphatic rings. The molecule has 0 radical (unpaired) electrons. The van der Waals surface area contributed by atoms with E-state index in [9.17, 15) is 9.18 Å². The second-order valence-electron chi connectivity index (χ2n) is 4.46. The molecule has 3 nitrogen and oxygen atoms in total. The van der Waals surface area contributed by atoms with Gasteiger partial charge in [0.1, 0.15) is 5.82 Å². The van der Waals surface area contributed by atoms with Crippen molar-refractivity contribution in [3.8, 4) is 0 Å². The number of hydrogen-bond donors (Lipinski definition) is 1. The Balaban J connectivity index is 2.72. The molecule has 0 aromatic heterocycles. The maximum Gasteiger partial charge on any atom is 0.304 e. The van der Waals surface area contributed by atoms with Crippen molar-refractivity contribution in [1.82, 2.24) is 4.90 Å². The van der Waals surface area contributed by atoms with Crippen LogP contribution in [0.1, 0.15) is 32.3 Å². The predicted molar refractivity (Wildman–Crippen MR) is 68.8 cm³/mol. The minimum absolute atomic E-state index is 0.0821. The third kappa shape index (κ3) is 4.45. The Morgan fingerprint density at radius 3 is 2.67 bits per heavy atom. The van der Waals surface area contributed by atoms with Gasteiger partial charge in [0.05, 0.1) is 6.42 Å². The largest absolute Gasteiger partial charge is 0.481 e. The molecule has 1 rings (SSSR count). The zero-order chi connectivity index (χ0) is 13.5. The van der Waals surface area contributed by atoms with E-state index in [0.29, 0.717) is 18.7 Å². The van der Waals surface area contributed by atoms with Gasteiger partial charge in [-0.15, -0.1) is 0 Å². The predicted octanol–water partition coefficient (Wildman–Crippen LogP) is 2.90. The third-order valence-electron chi connectivity index (χ3n) is 3.16. The summed E-state index contributed by atoms with van der Waals surface area (Å²) in [6, 6.07) is 6.87. The zero-order valence-corrected chi connectivity index (χ0v) is 10.9. The summed E-state index contributed by atoms with van der Waals surface area (Å²) < 4.78 is 13.6. The van der Waals surface area contributed by atoms with Crippen LogP contribution in [-0.4, -0.2) is 28.6 Å². The van der Waals surface area contributed by atoms with Crippen molar-refractivity contribution in [3.05, 3.63) is 35.6 Å². The number of carboxylic acids is 1. The van der Waals surface area contributed by atoms with E-state index in [2.05, 4.69) is 0 Å². The quantitative estimate of drug-likeness (QED) is 0.812. The molecule has 4 heteroatoms. The monoisotopic (exact) mass is 253 g/mol. The second kappa shape index (κ2) is 7.11. The van der Waals surface area contributed by atoms with Gasteiger partial charge in [0, 0.05) is 24.7 Å². The van der Waals surface area contributed by atoms with Gasteiger partial charge in [-0.2, -0.15) is 0 Å². The number of rotatable bonds is 7. The van der Waals surface area contributed by atoms with Gasteiger partial charge in [-0.05, 0) is 19.4 Å². The van der Waals surface area contributed by atoms with Crippen LogP contribution >= 0.6 is 0 Å². The summed E-state index contributed by atoms with van der Waals surface area (Å²) in [5, 5.41) is 8.74. The highest BCUT2D eigenvalue weighted by Gasteiger charge is 2.15. The van der Waals surface area contributed by atoms with E-state index in [1.165, 1.54) is 6.07 Å². The standard InChI is InChI=1S/C14H20FNO2/c1-3-11(2)16(9-8-14(17)18)10-12-6-4-5-7-13(12)15/h4-7,11H,3,8-10H2,1-2H3,(H,17,18). The van der Waals surface area contributed by atoms with Crippen LogP contribution in [0.25, 0.3) is 0 Å². The summed E-state index contributed by atoms with van der Waals surface area (Å²) >= 11 is 0. The van der Waals surface area contributed by atoms with Crippen molar-refractivity contribution in [1.29, 1.82) is 0 Å². The van der Waals surface area contributed by atoms with E-state index in [1.807, 2.05) is 18.7 Å². The molecule has 0 aliphatic carbocycles. The van der Waals surface area contributed by atoms with E-state index in [1.54, 1.807) is 18.2 Å². The molecule has 0 fully saturated rings. The SMILES string of the molecule is CCC(C)N(CCC(=O)O)Cc1ccccc1F. The number of nitrogens with zero attached hydrogens (tertiary/aromatic N) is 1. The molecule has 1 atom stereocenters. The highest BCUT2D eigenvalue weighted by molar-refractivity contribution is 5.66. The van der Waals surface area contributed by atoms with Crippen molar-refractivity contribution < 1.29 is 14.3 Å². The molecule has 1 aromatic rings. The highest BCUT2D eigenvalue weighted by Crippen LogP contribution is 2.14. The van der Waals surface area contributed by atoms with Crippen LogP contribution in [0.4, 0.5) is 4.39 Å². The van der Waals surface area contributed by atoms with Crippen LogP contribution in [0.2, 0.25) is 0 Å². The molecule has 0 bridgehead atoms. The van der Waals surface area contributed by atoms with Crippen LogP contribution in [0, 0.1) is 5.82 Å². The minimum Gasteiger partial charge on any atom is -0.481 e. The average molecular weight is 253 g/mol. The van der Waals surface area contributed by atoms with Crippen molar-refractivity contribution in [3.63, 3.8) is 0 Å². The van der Waals surface area contributed by atoms with Crippen LogP contribution in [0.3, 0.4) is 0 Å². The molecule has 18 heavy (non-hydrogen) atoms.